The highest BCUT2D eigenvalue weighted by atomic mass is 32.2. The number of benzene rings is 1. The van der Waals surface area contributed by atoms with Gasteiger partial charge in [0.05, 0.1) is 10.8 Å². The van der Waals surface area contributed by atoms with Crippen LogP contribution in [0.15, 0.2) is 27.6 Å². The summed E-state index contributed by atoms with van der Waals surface area (Å²) in [7, 11) is -3.73. The normalized spacial score (nSPS) is 20.9. The number of amides is 1. The van der Waals surface area contributed by atoms with Crippen molar-refractivity contribution < 1.29 is 17.7 Å². The Morgan fingerprint density at radius 1 is 1.14 bits per heavy atom. The fourth-order valence-electron chi connectivity index (χ4n) is 4.13. The van der Waals surface area contributed by atoms with Crippen LogP contribution in [0.25, 0.3) is 11.4 Å². The van der Waals surface area contributed by atoms with E-state index in [1.807, 2.05) is 4.90 Å². The molecule has 0 saturated carbocycles. The maximum atomic E-state index is 13.4. The summed E-state index contributed by atoms with van der Waals surface area (Å²) in [6, 6.07) is 5.14. The van der Waals surface area contributed by atoms with Gasteiger partial charge in [-0.25, -0.2) is 8.42 Å². The molecule has 1 atom stereocenters. The van der Waals surface area contributed by atoms with Gasteiger partial charge in [0.25, 0.3) is 0 Å². The Morgan fingerprint density at radius 2 is 1.90 bits per heavy atom. The maximum absolute atomic E-state index is 13.4. The van der Waals surface area contributed by atoms with Crippen LogP contribution in [0, 0.1) is 19.8 Å². The number of likely N-dealkylation sites (tertiary alicyclic amines) is 1. The summed E-state index contributed by atoms with van der Waals surface area (Å²) in [6.45, 7) is 5.70. The van der Waals surface area contributed by atoms with E-state index in [4.69, 9.17) is 4.52 Å². The molecule has 8 nitrogen and oxygen atoms in total. The minimum atomic E-state index is -3.73. The first kappa shape index (κ1) is 20.0. The molecule has 1 unspecified atom stereocenters. The van der Waals surface area contributed by atoms with E-state index in [1.54, 1.807) is 32.0 Å². The molecule has 1 amide bonds. The summed E-state index contributed by atoms with van der Waals surface area (Å²) in [5.74, 6) is 0.610. The number of piperidine rings is 1. The number of hydrogen-bond acceptors (Lipinski definition) is 6. The van der Waals surface area contributed by atoms with Gasteiger partial charge in [-0.1, -0.05) is 17.3 Å². The van der Waals surface area contributed by atoms with E-state index in [9.17, 15) is 13.2 Å². The van der Waals surface area contributed by atoms with Crippen molar-refractivity contribution in [2.24, 2.45) is 5.92 Å². The Labute approximate surface area is 170 Å². The van der Waals surface area contributed by atoms with E-state index in [0.717, 1.165) is 32.4 Å². The smallest absolute Gasteiger partial charge is 0.243 e. The predicted octanol–water partition coefficient (Wildman–Crippen LogP) is 2.38. The zero-order chi connectivity index (χ0) is 20.6. The second kappa shape index (κ2) is 7.87. The van der Waals surface area contributed by atoms with Crippen molar-refractivity contribution in [1.82, 2.24) is 19.3 Å². The lowest BCUT2D eigenvalue weighted by Crippen LogP contribution is -2.46. The van der Waals surface area contributed by atoms with Gasteiger partial charge in [0.2, 0.25) is 27.6 Å². The van der Waals surface area contributed by atoms with E-state index in [2.05, 4.69) is 10.1 Å². The molecule has 2 aromatic rings. The molecule has 0 bridgehead atoms. The molecule has 0 N–H and O–H groups in total. The predicted molar refractivity (Wildman–Crippen MR) is 107 cm³/mol. The fraction of sp³-hybridized carbons (Fsp3) is 0.550. The van der Waals surface area contributed by atoms with Crippen LogP contribution in [0.5, 0.6) is 0 Å². The monoisotopic (exact) mass is 418 g/mol. The van der Waals surface area contributed by atoms with E-state index < -0.39 is 10.0 Å². The Balaban J connectivity index is 1.59. The van der Waals surface area contributed by atoms with Crippen molar-refractivity contribution in [1.29, 1.82) is 0 Å². The highest BCUT2D eigenvalue weighted by Crippen LogP contribution is 2.30. The molecule has 2 aliphatic heterocycles. The van der Waals surface area contributed by atoms with Crippen molar-refractivity contribution in [2.75, 3.05) is 26.2 Å². The number of rotatable bonds is 4. The number of carbonyl (C=O) groups excluding carboxylic acids is 1. The third kappa shape index (κ3) is 3.93. The quantitative estimate of drug-likeness (QED) is 0.756. The summed E-state index contributed by atoms with van der Waals surface area (Å²) in [4.78, 5) is 19.1. The van der Waals surface area contributed by atoms with Crippen LogP contribution in [-0.4, -0.2) is 59.8 Å². The second-order valence-electron chi connectivity index (χ2n) is 7.85. The number of carbonyl (C=O) groups is 1. The molecule has 2 fully saturated rings. The van der Waals surface area contributed by atoms with Gasteiger partial charge in [0.15, 0.2) is 0 Å². The molecular weight excluding hydrogens is 392 g/mol. The first-order chi connectivity index (χ1) is 13.9. The molecule has 0 spiro atoms. The zero-order valence-corrected chi connectivity index (χ0v) is 17.6. The topological polar surface area (TPSA) is 96.6 Å². The highest BCUT2D eigenvalue weighted by molar-refractivity contribution is 7.89. The lowest BCUT2D eigenvalue weighted by atomic mass is 9.98. The Morgan fingerprint density at radius 3 is 2.59 bits per heavy atom. The molecule has 4 rings (SSSR count). The number of nitrogens with zero attached hydrogens (tertiary/aromatic N) is 4. The minimum absolute atomic E-state index is 0.0927. The van der Waals surface area contributed by atoms with E-state index in [1.165, 1.54) is 4.31 Å². The maximum Gasteiger partial charge on any atom is 0.243 e. The van der Waals surface area contributed by atoms with Gasteiger partial charge in [0, 0.05) is 38.7 Å². The number of sulfonamides is 1. The molecule has 0 aliphatic carbocycles. The Bertz CT molecular complexity index is 1010. The van der Waals surface area contributed by atoms with Gasteiger partial charge in [-0.15, -0.1) is 0 Å². The van der Waals surface area contributed by atoms with Crippen molar-refractivity contribution in [3.05, 3.63) is 29.7 Å². The van der Waals surface area contributed by atoms with E-state index in [0.29, 0.717) is 35.8 Å². The number of aryl methyl sites for hydroxylation is 2. The average molecular weight is 419 g/mol. The minimum Gasteiger partial charge on any atom is -0.342 e. The summed E-state index contributed by atoms with van der Waals surface area (Å²) < 4.78 is 33.3. The van der Waals surface area contributed by atoms with Crippen LogP contribution in [-0.2, 0) is 14.8 Å². The van der Waals surface area contributed by atoms with E-state index in [-0.39, 0.29) is 23.3 Å². The zero-order valence-electron chi connectivity index (χ0n) is 16.8. The van der Waals surface area contributed by atoms with Gasteiger partial charge in [-0.05, 0) is 44.2 Å². The van der Waals surface area contributed by atoms with Gasteiger partial charge >= 0.3 is 0 Å². The standard InChI is InChI=1S/C20H26N4O4S/c1-14-7-8-16(19-21-15(2)28-22-19)12-18(14)29(26,27)24-11-5-6-17(13-24)20(25)23-9-3-4-10-23/h7-8,12,17H,3-6,9-11,13H2,1-2H3. The largest absolute Gasteiger partial charge is 0.342 e. The van der Waals surface area contributed by atoms with Gasteiger partial charge < -0.3 is 9.42 Å². The lowest BCUT2D eigenvalue weighted by molar-refractivity contribution is -0.135. The molecular formula is C20H26N4O4S. The molecule has 0 radical (unpaired) electrons. The van der Waals surface area contributed by atoms with Crippen LogP contribution in [0.4, 0.5) is 0 Å². The van der Waals surface area contributed by atoms with Crippen LogP contribution in [0.3, 0.4) is 0 Å². The van der Waals surface area contributed by atoms with Crippen LogP contribution in [0.1, 0.15) is 37.1 Å². The third-order valence-electron chi connectivity index (χ3n) is 5.74. The summed E-state index contributed by atoms with van der Waals surface area (Å²) in [6.07, 6.45) is 3.48. The Kier molecular flexibility index (Phi) is 5.44. The van der Waals surface area contributed by atoms with Gasteiger partial charge in [0.1, 0.15) is 0 Å². The van der Waals surface area contributed by atoms with Crippen LogP contribution >= 0.6 is 0 Å². The summed E-state index contributed by atoms with van der Waals surface area (Å²) in [5.41, 5.74) is 1.25. The molecule has 1 aromatic heterocycles. The van der Waals surface area contributed by atoms with Gasteiger partial charge in [-0.2, -0.15) is 9.29 Å². The first-order valence-corrected chi connectivity index (χ1v) is 11.5. The van der Waals surface area contributed by atoms with Crippen LogP contribution < -0.4 is 0 Å². The van der Waals surface area contributed by atoms with E-state index >= 15 is 0 Å². The second-order valence-corrected chi connectivity index (χ2v) is 9.76. The molecule has 156 valence electrons. The number of aromatic nitrogens is 2. The lowest BCUT2D eigenvalue weighted by Gasteiger charge is -2.33. The van der Waals surface area contributed by atoms with Crippen molar-refractivity contribution >= 4 is 15.9 Å². The molecule has 9 heteroatoms. The first-order valence-electron chi connectivity index (χ1n) is 10.1. The summed E-state index contributed by atoms with van der Waals surface area (Å²) >= 11 is 0. The number of hydrogen-bond donors (Lipinski definition) is 0. The Hall–Kier alpha value is -2.26. The van der Waals surface area contributed by atoms with Crippen LogP contribution in [0.2, 0.25) is 0 Å². The third-order valence-corrected chi connectivity index (χ3v) is 7.75. The molecule has 29 heavy (non-hydrogen) atoms. The highest BCUT2D eigenvalue weighted by Gasteiger charge is 2.36. The molecule has 2 saturated heterocycles. The van der Waals surface area contributed by atoms with Crippen molar-refractivity contribution in [3.8, 4) is 11.4 Å². The van der Waals surface area contributed by atoms with Crippen molar-refractivity contribution in [3.63, 3.8) is 0 Å². The van der Waals surface area contributed by atoms with Gasteiger partial charge in [-0.3, -0.25) is 4.79 Å². The molecule has 3 heterocycles. The average Bonchev–Trinajstić information content (AvgIpc) is 3.40. The molecule has 1 aromatic carbocycles. The van der Waals surface area contributed by atoms with Crippen molar-refractivity contribution in [2.45, 2.75) is 44.4 Å². The molecule has 2 aliphatic rings. The summed E-state index contributed by atoms with van der Waals surface area (Å²) in [5, 5.41) is 3.89. The SMILES string of the molecule is Cc1nc(-c2ccc(C)c(S(=O)(=O)N3CCCC(C(=O)N4CCCC4)C3)c2)no1. The fourth-order valence-corrected chi connectivity index (χ4v) is 5.91.